The fourth-order valence-electron chi connectivity index (χ4n) is 2.24. The first-order valence-corrected chi connectivity index (χ1v) is 10.1. The van der Waals surface area contributed by atoms with Crippen molar-refractivity contribution in [2.24, 2.45) is 0 Å². The van der Waals surface area contributed by atoms with E-state index in [0.717, 1.165) is 29.7 Å². The van der Waals surface area contributed by atoms with E-state index in [1.54, 1.807) is 0 Å². The first-order chi connectivity index (χ1) is 12.5. The van der Waals surface area contributed by atoms with Crippen molar-refractivity contribution < 1.29 is 26.4 Å². The second kappa shape index (κ2) is 6.82. The molecule has 3 aromatic rings. The Morgan fingerprint density at radius 1 is 1.15 bits per heavy atom. The zero-order valence-electron chi connectivity index (χ0n) is 13.7. The first-order valence-electron chi connectivity index (χ1n) is 7.38. The monoisotopic (exact) mass is 415 g/mol. The molecular formula is C16H12F3N3O3S2. The first kappa shape index (κ1) is 19.1. The van der Waals surface area contributed by atoms with Crippen LogP contribution < -0.4 is 10.0 Å². The van der Waals surface area contributed by atoms with Gasteiger partial charge in [0.25, 0.3) is 5.91 Å². The van der Waals surface area contributed by atoms with Crippen LogP contribution in [0.15, 0.2) is 42.5 Å². The molecule has 0 spiro atoms. The smallest absolute Gasteiger partial charge is 0.322 e. The van der Waals surface area contributed by atoms with E-state index in [4.69, 9.17) is 0 Å². The lowest BCUT2D eigenvalue weighted by molar-refractivity contribution is -0.137. The van der Waals surface area contributed by atoms with Crippen molar-refractivity contribution in [2.75, 3.05) is 16.3 Å². The van der Waals surface area contributed by atoms with E-state index in [9.17, 15) is 26.4 Å². The van der Waals surface area contributed by atoms with Crippen molar-refractivity contribution in [1.82, 2.24) is 4.98 Å². The van der Waals surface area contributed by atoms with Crippen LogP contribution >= 0.6 is 11.3 Å². The summed E-state index contributed by atoms with van der Waals surface area (Å²) >= 11 is 1.04. The maximum Gasteiger partial charge on any atom is 0.416 e. The molecule has 0 fully saturated rings. The topological polar surface area (TPSA) is 88.2 Å². The fourth-order valence-corrected chi connectivity index (χ4v) is 3.98. The van der Waals surface area contributed by atoms with Crippen LogP contribution in [0, 0.1) is 0 Å². The molecule has 0 atom stereocenters. The molecule has 1 amide bonds. The molecule has 3 rings (SSSR count). The lowest BCUT2D eigenvalue weighted by atomic mass is 10.1. The number of amides is 1. The number of halogens is 3. The minimum atomic E-state index is -4.51. The van der Waals surface area contributed by atoms with Gasteiger partial charge in [-0.2, -0.15) is 13.2 Å². The molecule has 2 aromatic carbocycles. The summed E-state index contributed by atoms with van der Waals surface area (Å²) in [5, 5.41) is 2.57. The molecule has 2 N–H and O–H groups in total. The Labute approximate surface area is 156 Å². The second-order valence-corrected chi connectivity index (χ2v) is 8.39. The van der Waals surface area contributed by atoms with Gasteiger partial charge in [0, 0.05) is 11.3 Å². The van der Waals surface area contributed by atoms with Gasteiger partial charge in [-0.3, -0.25) is 9.52 Å². The lowest BCUT2D eigenvalue weighted by Crippen LogP contribution is -2.13. The molecular weight excluding hydrogens is 403 g/mol. The summed E-state index contributed by atoms with van der Waals surface area (Å²) in [4.78, 5) is 16.4. The molecule has 0 aliphatic carbocycles. The highest BCUT2D eigenvalue weighted by Crippen LogP contribution is 2.31. The maximum absolute atomic E-state index is 12.8. The number of carbonyl (C=O) groups is 1. The van der Waals surface area contributed by atoms with Gasteiger partial charge < -0.3 is 5.32 Å². The molecule has 0 bridgehead atoms. The third-order valence-corrected chi connectivity index (χ3v) is 5.00. The summed E-state index contributed by atoms with van der Waals surface area (Å²) in [6.07, 6.45) is -3.52. The molecule has 11 heteroatoms. The third kappa shape index (κ3) is 4.74. The summed E-state index contributed by atoms with van der Waals surface area (Å²) in [6.45, 7) is 0. The highest BCUT2D eigenvalue weighted by Gasteiger charge is 2.30. The molecule has 0 aliphatic rings. The molecule has 0 aliphatic heterocycles. The molecule has 6 nitrogen and oxygen atoms in total. The van der Waals surface area contributed by atoms with Crippen molar-refractivity contribution in [3.8, 4) is 0 Å². The van der Waals surface area contributed by atoms with Gasteiger partial charge in [0.15, 0.2) is 5.13 Å². The highest BCUT2D eigenvalue weighted by molar-refractivity contribution is 7.92. The Morgan fingerprint density at radius 2 is 1.89 bits per heavy atom. The highest BCUT2D eigenvalue weighted by atomic mass is 32.2. The predicted molar refractivity (Wildman–Crippen MR) is 97.5 cm³/mol. The molecule has 0 saturated carbocycles. The van der Waals surface area contributed by atoms with Crippen LogP contribution in [0.25, 0.3) is 10.2 Å². The number of benzene rings is 2. The number of sulfonamides is 1. The van der Waals surface area contributed by atoms with Crippen molar-refractivity contribution in [3.05, 3.63) is 53.6 Å². The van der Waals surface area contributed by atoms with E-state index in [1.165, 1.54) is 30.3 Å². The summed E-state index contributed by atoms with van der Waals surface area (Å²) in [5.74, 6) is -0.595. The Morgan fingerprint density at radius 3 is 2.56 bits per heavy atom. The van der Waals surface area contributed by atoms with E-state index in [2.05, 4.69) is 15.0 Å². The van der Waals surface area contributed by atoms with Gasteiger partial charge in [-0.1, -0.05) is 17.4 Å². The van der Waals surface area contributed by atoms with Crippen LogP contribution in [0.2, 0.25) is 0 Å². The van der Waals surface area contributed by atoms with E-state index in [0.29, 0.717) is 10.2 Å². The van der Waals surface area contributed by atoms with Gasteiger partial charge in [-0.15, -0.1) is 0 Å². The number of nitrogens with one attached hydrogen (secondary N) is 2. The van der Waals surface area contributed by atoms with Gasteiger partial charge in [0.2, 0.25) is 10.0 Å². The lowest BCUT2D eigenvalue weighted by Gasteiger charge is -2.10. The van der Waals surface area contributed by atoms with Crippen LogP contribution in [0.4, 0.5) is 24.0 Å². The number of nitrogens with zero attached hydrogens (tertiary/aromatic N) is 1. The van der Waals surface area contributed by atoms with Crippen LogP contribution in [0.1, 0.15) is 15.9 Å². The quantitative estimate of drug-likeness (QED) is 0.676. The molecule has 0 radical (unpaired) electrons. The van der Waals surface area contributed by atoms with Crippen LogP contribution in [0.3, 0.4) is 0 Å². The summed E-state index contributed by atoms with van der Waals surface area (Å²) in [7, 11) is -3.48. The molecule has 0 saturated heterocycles. The SMILES string of the molecule is CS(=O)(=O)Nc1nc2ccc(C(=O)Nc3cccc(C(F)(F)F)c3)cc2s1. The largest absolute Gasteiger partial charge is 0.416 e. The van der Waals surface area contributed by atoms with Gasteiger partial charge in [0.1, 0.15) is 0 Å². The fraction of sp³-hybridized carbons (Fsp3) is 0.125. The number of fused-ring (bicyclic) bond motifs is 1. The van der Waals surface area contributed by atoms with E-state index < -0.39 is 27.7 Å². The van der Waals surface area contributed by atoms with E-state index in [-0.39, 0.29) is 16.4 Å². The van der Waals surface area contributed by atoms with Crippen molar-refractivity contribution in [3.63, 3.8) is 0 Å². The van der Waals surface area contributed by atoms with Crippen molar-refractivity contribution >= 4 is 48.3 Å². The van der Waals surface area contributed by atoms with Gasteiger partial charge in [-0.25, -0.2) is 13.4 Å². The number of anilines is 2. The Kier molecular flexibility index (Phi) is 4.82. The third-order valence-electron chi connectivity index (χ3n) is 3.37. The summed E-state index contributed by atoms with van der Waals surface area (Å²) in [5.41, 5.74) is -0.162. The zero-order valence-corrected chi connectivity index (χ0v) is 15.3. The summed E-state index contributed by atoms with van der Waals surface area (Å²) in [6, 6.07) is 8.78. The Balaban J connectivity index is 1.84. The number of rotatable bonds is 4. The number of hydrogen-bond acceptors (Lipinski definition) is 5. The second-order valence-electron chi connectivity index (χ2n) is 5.61. The Bertz CT molecular complexity index is 1120. The minimum Gasteiger partial charge on any atom is -0.322 e. The van der Waals surface area contributed by atoms with Crippen LogP contribution in [-0.2, 0) is 16.2 Å². The molecule has 1 aromatic heterocycles. The molecule has 27 heavy (non-hydrogen) atoms. The zero-order chi connectivity index (χ0) is 19.8. The van der Waals surface area contributed by atoms with Crippen LogP contribution in [0.5, 0.6) is 0 Å². The van der Waals surface area contributed by atoms with E-state index >= 15 is 0 Å². The average Bonchev–Trinajstić information content (AvgIpc) is 2.93. The number of aromatic nitrogens is 1. The average molecular weight is 415 g/mol. The number of hydrogen-bond donors (Lipinski definition) is 2. The minimum absolute atomic E-state index is 0.0126. The van der Waals surface area contributed by atoms with Crippen molar-refractivity contribution in [2.45, 2.75) is 6.18 Å². The number of alkyl halides is 3. The number of thiazole rings is 1. The molecule has 1 heterocycles. The normalized spacial score (nSPS) is 12.1. The van der Waals surface area contributed by atoms with Gasteiger partial charge in [0.05, 0.1) is 22.0 Å². The summed E-state index contributed by atoms with van der Waals surface area (Å²) < 4.78 is 63.6. The van der Waals surface area contributed by atoms with E-state index in [1.807, 2.05) is 0 Å². The van der Waals surface area contributed by atoms with Crippen LogP contribution in [-0.4, -0.2) is 25.6 Å². The van der Waals surface area contributed by atoms with Gasteiger partial charge in [-0.05, 0) is 36.4 Å². The maximum atomic E-state index is 12.8. The Hall–Kier alpha value is -2.66. The number of carbonyl (C=O) groups excluding carboxylic acids is 1. The predicted octanol–water partition coefficient (Wildman–Crippen LogP) is 3.94. The molecule has 142 valence electrons. The van der Waals surface area contributed by atoms with Gasteiger partial charge >= 0.3 is 6.18 Å². The molecule has 0 unspecified atom stereocenters. The standard InChI is InChI=1S/C16H12F3N3O3S2/c1-27(24,25)22-15-21-12-6-5-9(7-13(12)26-15)14(23)20-11-4-2-3-10(8-11)16(17,18)19/h2-8H,1H3,(H,20,23)(H,21,22). The van der Waals surface area contributed by atoms with Crippen molar-refractivity contribution in [1.29, 1.82) is 0 Å².